The molecule has 0 radical (unpaired) electrons. The topological polar surface area (TPSA) is 28.4 Å². The van der Waals surface area contributed by atoms with E-state index in [1.807, 2.05) is 0 Å². The molecule has 0 amide bonds. The van der Waals surface area contributed by atoms with Gasteiger partial charge in [-0.3, -0.25) is 4.90 Å². The molecular formula is C18H34N2O. The molecule has 0 aliphatic heterocycles. The summed E-state index contributed by atoms with van der Waals surface area (Å²) in [4.78, 5) is 2.47. The number of furan rings is 1. The zero-order chi connectivity index (χ0) is 16.0. The third kappa shape index (κ3) is 6.66. The zero-order valence-electron chi connectivity index (χ0n) is 15.0. The Morgan fingerprint density at radius 3 is 2.48 bits per heavy atom. The summed E-state index contributed by atoms with van der Waals surface area (Å²) in [5, 5.41) is 3.49. The van der Waals surface area contributed by atoms with Crippen LogP contribution in [0.15, 0.2) is 10.5 Å². The molecule has 0 saturated heterocycles. The Kier molecular flexibility index (Phi) is 6.95. The SMILES string of the molecule is CCC(C)CN(CC)Cc1cc(C)c(CNC(C)(C)C)o1. The Labute approximate surface area is 131 Å². The molecule has 122 valence electrons. The van der Waals surface area contributed by atoms with Gasteiger partial charge in [-0.05, 0) is 51.8 Å². The van der Waals surface area contributed by atoms with Crippen molar-refractivity contribution in [1.82, 2.24) is 10.2 Å². The van der Waals surface area contributed by atoms with Crippen molar-refractivity contribution in [1.29, 1.82) is 0 Å². The summed E-state index contributed by atoms with van der Waals surface area (Å²) in [6.07, 6.45) is 1.23. The van der Waals surface area contributed by atoms with Gasteiger partial charge in [0.25, 0.3) is 0 Å². The minimum absolute atomic E-state index is 0.116. The summed E-state index contributed by atoms with van der Waals surface area (Å²) in [6.45, 7) is 19.4. The predicted molar refractivity (Wildman–Crippen MR) is 90.4 cm³/mol. The maximum Gasteiger partial charge on any atom is 0.120 e. The molecular weight excluding hydrogens is 260 g/mol. The monoisotopic (exact) mass is 294 g/mol. The lowest BCUT2D eigenvalue weighted by atomic mass is 10.1. The molecule has 0 aliphatic carbocycles. The highest BCUT2D eigenvalue weighted by Gasteiger charge is 2.15. The molecule has 1 atom stereocenters. The molecule has 1 N–H and O–H groups in total. The van der Waals surface area contributed by atoms with E-state index in [0.717, 1.165) is 43.6 Å². The van der Waals surface area contributed by atoms with Gasteiger partial charge in [0.1, 0.15) is 11.5 Å². The molecule has 1 heterocycles. The molecule has 0 saturated carbocycles. The van der Waals surface area contributed by atoms with Gasteiger partial charge < -0.3 is 9.73 Å². The van der Waals surface area contributed by atoms with Crippen molar-refractivity contribution in [3.05, 3.63) is 23.2 Å². The normalized spacial score (nSPS) is 13.9. The number of aryl methyl sites for hydroxylation is 1. The first-order chi connectivity index (χ1) is 9.75. The summed E-state index contributed by atoms with van der Waals surface area (Å²) >= 11 is 0. The van der Waals surface area contributed by atoms with E-state index < -0.39 is 0 Å². The van der Waals surface area contributed by atoms with Gasteiger partial charge in [0.2, 0.25) is 0 Å². The summed E-state index contributed by atoms with van der Waals surface area (Å²) < 4.78 is 6.05. The fraction of sp³-hybridized carbons (Fsp3) is 0.778. The lowest BCUT2D eigenvalue weighted by Gasteiger charge is -2.22. The zero-order valence-corrected chi connectivity index (χ0v) is 15.0. The minimum atomic E-state index is 0.116. The molecule has 1 aromatic heterocycles. The molecule has 3 nitrogen and oxygen atoms in total. The van der Waals surface area contributed by atoms with Crippen LogP contribution in [0.3, 0.4) is 0 Å². The summed E-state index contributed by atoms with van der Waals surface area (Å²) in [7, 11) is 0. The van der Waals surface area contributed by atoms with Gasteiger partial charge in [0.05, 0.1) is 13.1 Å². The van der Waals surface area contributed by atoms with Gasteiger partial charge in [0, 0.05) is 12.1 Å². The standard InChI is InChI=1S/C18H34N2O/c1-8-14(3)12-20(9-2)13-16-10-15(4)17(21-16)11-19-18(5,6)7/h10,14,19H,8-9,11-13H2,1-7H3. The number of rotatable bonds is 8. The second-order valence-electron chi connectivity index (χ2n) is 7.26. The van der Waals surface area contributed by atoms with Crippen molar-refractivity contribution in [3.8, 4) is 0 Å². The minimum Gasteiger partial charge on any atom is -0.463 e. The van der Waals surface area contributed by atoms with Crippen LogP contribution >= 0.6 is 0 Å². The largest absolute Gasteiger partial charge is 0.463 e. The van der Waals surface area contributed by atoms with Crippen LogP contribution in [-0.2, 0) is 13.1 Å². The van der Waals surface area contributed by atoms with Gasteiger partial charge in [-0.15, -0.1) is 0 Å². The molecule has 21 heavy (non-hydrogen) atoms. The molecule has 0 aromatic carbocycles. The molecule has 3 heteroatoms. The van der Waals surface area contributed by atoms with Gasteiger partial charge >= 0.3 is 0 Å². The molecule has 1 unspecified atom stereocenters. The van der Waals surface area contributed by atoms with E-state index >= 15 is 0 Å². The van der Waals surface area contributed by atoms with E-state index in [0.29, 0.717) is 0 Å². The first-order valence-corrected chi connectivity index (χ1v) is 8.30. The van der Waals surface area contributed by atoms with E-state index in [9.17, 15) is 0 Å². The van der Waals surface area contributed by atoms with Crippen molar-refractivity contribution >= 4 is 0 Å². The fourth-order valence-electron chi connectivity index (χ4n) is 2.28. The Morgan fingerprint density at radius 1 is 1.29 bits per heavy atom. The van der Waals surface area contributed by atoms with E-state index in [-0.39, 0.29) is 5.54 Å². The predicted octanol–water partition coefficient (Wildman–Crippen LogP) is 4.34. The summed E-state index contributed by atoms with van der Waals surface area (Å²) in [5.74, 6) is 2.89. The van der Waals surface area contributed by atoms with Gasteiger partial charge in [-0.2, -0.15) is 0 Å². The van der Waals surface area contributed by atoms with Crippen LogP contribution in [0.4, 0.5) is 0 Å². The second kappa shape index (κ2) is 8.00. The highest BCUT2D eigenvalue weighted by molar-refractivity contribution is 5.20. The molecule has 0 fully saturated rings. The molecule has 0 aliphatic rings. The van der Waals surface area contributed by atoms with Crippen molar-refractivity contribution in [3.63, 3.8) is 0 Å². The third-order valence-corrected chi connectivity index (χ3v) is 3.94. The van der Waals surface area contributed by atoms with Crippen LogP contribution in [0.1, 0.15) is 65.0 Å². The van der Waals surface area contributed by atoms with Crippen molar-refractivity contribution in [2.45, 2.75) is 73.5 Å². The highest BCUT2D eigenvalue weighted by atomic mass is 16.3. The smallest absolute Gasteiger partial charge is 0.120 e. The van der Waals surface area contributed by atoms with Gasteiger partial charge in [-0.25, -0.2) is 0 Å². The second-order valence-corrected chi connectivity index (χ2v) is 7.26. The van der Waals surface area contributed by atoms with Crippen molar-refractivity contribution in [2.24, 2.45) is 5.92 Å². The van der Waals surface area contributed by atoms with Crippen molar-refractivity contribution < 1.29 is 4.42 Å². The first kappa shape index (κ1) is 18.2. The third-order valence-electron chi connectivity index (χ3n) is 3.94. The van der Waals surface area contributed by atoms with E-state index in [1.54, 1.807) is 0 Å². The number of hydrogen-bond acceptors (Lipinski definition) is 3. The quantitative estimate of drug-likeness (QED) is 0.773. The van der Waals surface area contributed by atoms with E-state index in [2.05, 4.69) is 64.7 Å². The van der Waals surface area contributed by atoms with Crippen LogP contribution < -0.4 is 5.32 Å². The lowest BCUT2D eigenvalue weighted by molar-refractivity contribution is 0.218. The molecule has 0 bridgehead atoms. The highest BCUT2D eigenvalue weighted by Crippen LogP contribution is 2.18. The Morgan fingerprint density at radius 2 is 1.95 bits per heavy atom. The maximum atomic E-state index is 6.05. The lowest BCUT2D eigenvalue weighted by Crippen LogP contribution is -2.35. The summed E-state index contributed by atoms with van der Waals surface area (Å²) in [6, 6.07) is 2.19. The maximum absolute atomic E-state index is 6.05. The van der Waals surface area contributed by atoms with Gasteiger partial charge in [0.15, 0.2) is 0 Å². The average Bonchev–Trinajstić information content (AvgIpc) is 2.74. The molecule has 0 spiro atoms. The van der Waals surface area contributed by atoms with E-state index in [1.165, 1.54) is 12.0 Å². The Hall–Kier alpha value is -0.800. The molecule has 1 aromatic rings. The van der Waals surface area contributed by atoms with Crippen LogP contribution in [0.2, 0.25) is 0 Å². The first-order valence-electron chi connectivity index (χ1n) is 8.30. The average molecular weight is 294 g/mol. The van der Waals surface area contributed by atoms with Crippen LogP contribution in [0.5, 0.6) is 0 Å². The Bertz CT molecular complexity index is 417. The van der Waals surface area contributed by atoms with Crippen LogP contribution in [0, 0.1) is 12.8 Å². The van der Waals surface area contributed by atoms with E-state index in [4.69, 9.17) is 4.42 Å². The number of nitrogens with one attached hydrogen (secondary N) is 1. The van der Waals surface area contributed by atoms with Crippen LogP contribution in [-0.4, -0.2) is 23.5 Å². The van der Waals surface area contributed by atoms with Crippen molar-refractivity contribution in [2.75, 3.05) is 13.1 Å². The summed E-state index contributed by atoms with van der Waals surface area (Å²) in [5.41, 5.74) is 1.37. The van der Waals surface area contributed by atoms with Crippen LogP contribution in [0.25, 0.3) is 0 Å². The number of nitrogens with zero attached hydrogens (tertiary/aromatic N) is 1. The Balaban J connectivity index is 2.63. The fourth-order valence-corrected chi connectivity index (χ4v) is 2.28. The van der Waals surface area contributed by atoms with Gasteiger partial charge in [-0.1, -0.05) is 27.2 Å². The molecule has 1 rings (SSSR count). The number of hydrogen-bond donors (Lipinski definition) is 1.